The van der Waals surface area contributed by atoms with Crippen molar-refractivity contribution in [1.29, 1.82) is 0 Å². The van der Waals surface area contributed by atoms with Crippen LogP contribution in [-0.2, 0) is 7.05 Å². The van der Waals surface area contributed by atoms with Gasteiger partial charge < -0.3 is 10.6 Å². The molecule has 1 aromatic rings. The van der Waals surface area contributed by atoms with Crippen molar-refractivity contribution in [3.8, 4) is 0 Å². The molecule has 0 radical (unpaired) electrons. The van der Waals surface area contributed by atoms with Crippen LogP contribution in [0.3, 0.4) is 0 Å². The first kappa shape index (κ1) is 10.8. The van der Waals surface area contributed by atoms with E-state index in [1.165, 1.54) is 11.5 Å². The topological polar surface area (TPSA) is 41.9 Å². The maximum Gasteiger partial charge on any atom is 0.124 e. The second-order valence-electron chi connectivity index (χ2n) is 3.90. The Hall–Kier alpha value is -0.680. The molecule has 5 heteroatoms. The standard InChI is InChI=1S/C10H18N4S/c1-8-5-10(14(2)13-8)12-6-9-7-15-4-3-11-9/h5,9,11-12H,3-4,6-7H2,1-2H3. The van der Waals surface area contributed by atoms with Crippen molar-refractivity contribution < 1.29 is 0 Å². The lowest BCUT2D eigenvalue weighted by atomic mass is 10.3. The van der Waals surface area contributed by atoms with Crippen LogP contribution in [0, 0.1) is 6.92 Å². The number of nitrogens with one attached hydrogen (secondary N) is 2. The number of rotatable bonds is 3. The van der Waals surface area contributed by atoms with E-state index in [9.17, 15) is 0 Å². The third-order valence-corrected chi connectivity index (χ3v) is 3.66. The van der Waals surface area contributed by atoms with Crippen molar-refractivity contribution in [2.75, 3.05) is 29.9 Å². The van der Waals surface area contributed by atoms with Gasteiger partial charge in [0.1, 0.15) is 5.82 Å². The molecule has 15 heavy (non-hydrogen) atoms. The van der Waals surface area contributed by atoms with Crippen LogP contribution < -0.4 is 10.6 Å². The van der Waals surface area contributed by atoms with E-state index in [4.69, 9.17) is 0 Å². The number of anilines is 1. The molecule has 0 bridgehead atoms. The number of aromatic nitrogens is 2. The Labute approximate surface area is 94.8 Å². The highest BCUT2D eigenvalue weighted by Gasteiger charge is 2.12. The number of hydrogen-bond donors (Lipinski definition) is 2. The van der Waals surface area contributed by atoms with Gasteiger partial charge in [0.25, 0.3) is 0 Å². The van der Waals surface area contributed by atoms with E-state index in [2.05, 4.69) is 21.8 Å². The molecule has 0 saturated carbocycles. The summed E-state index contributed by atoms with van der Waals surface area (Å²) < 4.78 is 1.89. The first-order chi connectivity index (χ1) is 7.25. The molecule has 4 nitrogen and oxygen atoms in total. The second kappa shape index (κ2) is 4.90. The fourth-order valence-electron chi connectivity index (χ4n) is 1.75. The molecular weight excluding hydrogens is 208 g/mol. The van der Waals surface area contributed by atoms with Gasteiger partial charge in [-0.15, -0.1) is 0 Å². The van der Waals surface area contributed by atoms with Gasteiger partial charge in [-0.2, -0.15) is 16.9 Å². The minimum Gasteiger partial charge on any atom is -0.369 e. The molecule has 1 aliphatic rings. The molecule has 0 spiro atoms. The smallest absolute Gasteiger partial charge is 0.124 e. The van der Waals surface area contributed by atoms with Crippen molar-refractivity contribution in [3.05, 3.63) is 11.8 Å². The van der Waals surface area contributed by atoms with E-state index in [1.807, 2.05) is 30.4 Å². The lowest BCUT2D eigenvalue weighted by molar-refractivity contribution is 0.584. The average Bonchev–Trinajstić information content (AvgIpc) is 2.56. The summed E-state index contributed by atoms with van der Waals surface area (Å²) in [5.41, 5.74) is 1.06. The van der Waals surface area contributed by atoms with E-state index in [0.717, 1.165) is 24.6 Å². The van der Waals surface area contributed by atoms with Crippen LogP contribution in [0.5, 0.6) is 0 Å². The van der Waals surface area contributed by atoms with Crippen LogP contribution in [0.15, 0.2) is 6.07 Å². The van der Waals surface area contributed by atoms with Gasteiger partial charge >= 0.3 is 0 Å². The van der Waals surface area contributed by atoms with Crippen LogP contribution in [0.1, 0.15) is 5.69 Å². The second-order valence-corrected chi connectivity index (χ2v) is 5.05. The maximum atomic E-state index is 4.30. The fourth-order valence-corrected chi connectivity index (χ4v) is 2.70. The van der Waals surface area contributed by atoms with Gasteiger partial charge in [0.05, 0.1) is 5.69 Å². The first-order valence-corrected chi connectivity index (χ1v) is 6.47. The lowest BCUT2D eigenvalue weighted by Gasteiger charge is -2.23. The predicted octanol–water partition coefficient (Wildman–Crippen LogP) is 0.845. The van der Waals surface area contributed by atoms with Gasteiger partial charge in [0, 0.05) is 43.8 Å². The van der Waals surface area contributed by atoms with Crippen LogP contribution >= 0.6 is 11.8 Å². The first-order valence-electron chi connectivity index (χ1n) is 5.31. The van der Waals surface area contributed by atoms with Gasteiger partial charge in [-0.1, -0.05) is 0 Å². The number of aryl methyl sites for hydroxylation is 2. The third kappa shape index (κ3) is 2.89. The molecule has 1 atom stereocenters. The summed E-state index contributed by atoms with van der Waals surface area (Å²) in [5.74, 6) is 3.54. The Morgan fingerprint density at radius 1 is 1.73 bits per heavy atom. The summed E-state index contributed by atoms with van der Waals surface area (Å²) >= 11 is 2.02. The summed E-state index contributed by atoms with van der Waals surface area (Å²) in [6, 6.07) is 2.66. The zero-order valence-corrected chi connectivity index (χ0v) is 10.1. The Kier molecular flexibility index (Phi) is 3.53. The summed E-state index contributed by atoms with van der Waals surface area (Å²) in [6.45, 7) is 4.12. The highest BCUT2D eigenvalue weighted by Crippen LogP contribution is 2.11. The van der Waals surface area contributed by atoms with Crippen LogP contribution in [0.25, 0.3) is 0 Å². The maximum absolute atomic E-state index is 4.30. The minimum atomic E-state index is 0.582. The quantitative estimate of drug-likeness (QED) is 0.801. The molecule has 0 amide bonds. The van der Waals surface area contributed by atoms with Crippen molar-refractivity contribution in [1.82, 2.24) is 15.1 Å². The van der Waals surface area contributed by atoms with Crippen LogP contribution in [0.2, 0.25) is 0 Å². The van der Waals surface area contributed by atoms with Gasteiger partial charge in [0.2, 0.25) is 0 Å². The SMILES string of the molecule is Cc1cc(NCC2CSCCN2)n(C)n1. The molecule has 1 aromatic heterocycles. The molecule has 1 unspecified atom stereocenters. The molecule has 1 saturated heterocycles. The van der Waals surface area contributed by atoms with Crippen molar-refractivity contribution in [2.24, 2.45) is 7.05 Å². The number of thioether (sulfide) groups is 1. The summed E-state index contributed by atoms with van der Waals surface area (Å²) in [5, 5.41) is 11.2. The van der Waals surface area contributed by atoms with Crippen molar-refractivity contribution >= 4 is 17.6 Å². The summed E-state index contributed by atoms with van der Waals surface area (Å²) in [4.78, 5) is 0. The summed E-state index contributed by atoms with van der Waals surface area (Å²) in [7, 11) is 1.97. The Balaban J connectivity index is 1.84. The van der Waals surface area contributed by atoms with Gasteiger partial charge in [-0.25, -0.2) is 0 Å². The highest BCUT2D eigenvalue weighted by molar-refractivity contribution is 7.99. The molecule has 84 valence electrons. The van der Waals surface area contributed by atoms with E-state index >= 15 is 0 Å². The number of hydrogen-bond acceptors (Lipinski definition) is 4. The minimum absolute atomic E-state index is 0.582. The van der Waals surface area contributed by atoms with E-state index < -0.39 is 0 Å². The number of nitrogens with zero attached hydrogens (tertiary/aromatic N) is 2. The van der Waals surface area contributed by atoms with Crippen LogP contribution in [0.4, 0.5) is 5.82 Å². The molecule has 2 heterocycles. The van der Waals surface area contributed by atoms with Crippen molar-refractivity contribution in [2.45, 2.75) is 13.0 Å². The molecule has 2 N–H and O–H groups in total. The average molecular weight is 226 g/mol. The van der Waals surface area contributed by atoms with Gasteiger partial charge in [-0.3, -0.25) is 4.68 Å². The Morgan fingerprint density at radius 2 is 2.60 bits per heavy atom. The Morgan fingerprint density at radius 3 is 3.20 bits per heavy atom. The Bertz CT molecular complexity index is 317. The summed E-state index contributed by atoms with van der Waals surface area (Å²) in [6.07, 6.45) is 0. The zero-order chi connectivity index (χ0) is 10.7. The monoisotopic (exact) mass is 226 g/mol. The van der Waals surface area contributed by atoms with E-state index in [-0.39, 0.29) is 0 Å². The van der Waals surface area contributed by atoms with Gasteiger partial charge in [-0.05, 0) is 6.92 Å². The van der Waals surface area contributed by atoms with E-state index in [0.29, 0.717) is 6.04 Å². The predicted molar refractivity (Wildman–Crippen MR) is 65.6 cm³/mol. The molecule has 2 rings (SSSR count). The molecule has 1 aliphatic heterocycles. The largest absolute Gasteiger partial charge is 0.369 e. The highest BCUT2D eigenvalue weighted by atomic mass is 32.2. The molecule has 1 fully saturated rings. The molecule has 0 aromatic carbocycles. The normalized spacial score (nSPS) is 21.6. The zero-order valence-electron chi connectivity index (χ0n) is 9.29. The molecular formula is C10H18N4S. The fraction of sp³-hybridized carbons (Fsp3) is 0.700. The van der Waals surface area contributed by atoms with Crippen molar-refractivity contribution in [3.63, 3.8) is 0 Å². The van der Waals surface area contributed by atoms with Crippen LogP contribution in [-0.4, -0.2) is 40.4 Å². The van der Waals surface area contributed by atoms with E-state index in [1.54, 1.807) is 0 Å². The third-order valence-electron chi connectivity index (χ3n) is 2.53. The van der Waals surface area contributed by atoms with Gasteiger partial charge in [0.15, 0.2) is 0 Å². The molecule has 0 aliphatic carbocycles. The lowest BCUT2D eigenvalue weighted by Crippen LogP contribution is -2.42.